The number of benzene rings is 3. The summed E-state index contributed by atoms with van der Waals surface area (Å²) < 4.78 is 11.4. The summed E-state index contributed by atoms with van der Waals surface area (Å²) in [4.78, 5) is 25.2. The van der Waals surface area contributed by atoms with Gasteiger partial charge >= 0.3 is 11.9 Å². The number of hydrogen-bond acceptors (Lipinski definition) is 4. The van der Waals surface area contributed by atoms with Gasteiger partial charge in [0.05, 0.1) is 0 Å². The molecule has 4 nitrogen and oxygen atoms in total. The molecular formula is C27H28O4. The van der Waals surface area contributed by atoms with E-state index in [0.29, 0.717) is 6.42 Å². The monoisotopic (exact) mass is 416 g/mol. The average Bonchev–Trinajstić information content (AvgIpc) is 2.78. The number of ether oxygens (including phenoxy) is 2. The minimum absolute atomic E-state index is 0.126. The number of hydrogen-bond donors (Lipinski definition) is 0. The van der Waals surface area contributed by atoms with Crippen molar-refractivity contribution in [3.05, 3.63) is 108 Å². The van der Waals surface area contributed by atoms with E-state index in [-0.39, 0.29) is 12.5 Å². The standard InChI is InChI=1S/C27H28O4/c1-21(2)19-27(23-14-8-4-9-15-23,24-16-10-5-11-17-24)31-26(29)18-25(28)30-20-22-12-6-3-7-13-22/h3-17,21H,18-20H2,1-2H3. The molecule has 0 aromatic heterocycles. The quantitative estimate of drug-likeness (QED) is 0.334. The molecule has 0 radical (unpaired) electrons. The molecule has 0 heterocycles. The first-order valence-electron chi connectivity index (χ1n) is 10.5. The second kappa shape index (κ2) is 10.6. The molecule has 0 aliphatic heterocycles. The Labute approximate surface area is 183 Å². The molecular weight excluding hydrogens is 388 g/mol. The maximum Gasteiger partial charge on any atom is 0.318 e. The van der Waals surface area contributed by atoms with Gasteiger partial charge in [-0.2, -0.15) is 0 Å². The van der Waals surface area contributed by atoms with Crippen molar-refractivity contribution in [2.24, 2.45) is 5.92 Å². The highest BCUT2D eigenvalue weighted by Gasteiger charge is 2.39. The zero-order valence-corrected chi connectivity index (χ0v) is 18.0. The molecule has 0 bridgehead atoms. The van der Waals surface area contributed by atoms with Crippen LogP contribution in [0.2, 0.25) is 0 Å². The number of carbonyl (C=O) groups is 2. The van der Waals surface area contributed by atoms with Crippen LogP contribution in [0.4, 0.5) is 0 Å². The van der Waals surface area contributed by atoms with Gasteiger partial charge in [0.25, 0.3) is 0 Å². The maximum absolute atomic E-state index is 12.9. The fourth-order valence-electron chi connectivity index (χ4n) is 3.69. The van der Waals surface area contributed by atoms with Crippen LogP contribution in [0.5, 0.6) is 0 Å². The van der Waals surface area contributed by atoms with E-state index >= 15 is 0 Å². The van der Waals surface area contributed by atoms with Crippen LogP contribution >= 0.6 is 0 Å². The molecule has 4 heteroatoms. The summed E-state index contributed by atoms with van der Waals surface area (Å²) in [6.45, 7) is 4.30. The van der Waals surface area contributed by atoms with Gasteiger partial charge in [-0.15, -0.1) is 0 Å². The van der Waals surface area contributed by atoms with Gasteiger partial charge in [-0.1, -0.05) is 105 Å². The topological polar surface area (TPSA) is 52.6 Å². The predicted octanol–water partition coefficient (Wildman–Crippen LogP) is 5.65. The van der Waals surface area contributed by atoms with Gasteiger partial charge in [0.1, 0.15) is 13.0 Å². The molecule has 160 valence electrons. The maximum atomic E-state index is 12.9. The van der Waals surface area contributed by atoms with Crippen molar-refractivity contribution in [3.8, 4) is 0 Å². The highest BCUT2D eigenvalue weighted by molar-refractivity contribution is 5.91. The van der Waals surface area contributed by atoms with E-state index in [1.165, 1.54) is 0 Å². The van der Waals surface area contributed by atoms with E-state index < -0.39 is 24.0 Å². The van der Waals surface area contributed by atoms with Crippen molar-refractivity contribution in [2.45, 2.75) is 38.9 Å². The predicted molar refractivity (Wildman–Crippen MR) is 120 cm³/mol. The zero-order chi connectivity index (χ0) is 22.1. The highest BCUT2D eigenvalue weighted by atomic mass is 16.6. The second-order valence-electron chi connectivity index (χ2n) is 7.95. The fourth-order valence-corrected chi connectivity index (χ4v) is 3.69. The molecule has 0 aliphatic carbocycles. The molecule has 0 saturated heterocycles. The first-order chi connectivity index (χ1) is 15.0. The van der Waals surface area contributed by atoms with Gasteiger partial charge in [0.15, 0.2) is 5.60 Å². The van der Waals surface area contributed by atoms with Crippen LogP contribution in [0, 0.1) is 5.92 Å². The Balaban J connectivity index is 1.81. The van der Waals surface area contributed by atoms with Crippen LogP contribution in [0.3, 0.4) is 0 Å². The van der Waals surface area contributed by atoms with Crippen LogP contribution in [-0.4, -0.2) is 11.9 Å². The third-order valence-electron chi connectivity index (χ3n) is 5.00. The molecule has 3 rings (SSSR count). The summed E-state index contributed by atoms with van der Waals surface area (Å²) in [5, 5.41) is 0. The molecule has 3 aromatic carbocycles. The Bertz CT molecular complexity index is 926. The summed E-state index contributed by atoms with van der Waals surface area (Å²) in [5.41, 5.74) is 1.64. The number of rotatable bonds is 9. The minimum Gasteiger partial charge on any atom is -0.460 e. The molecule has 0 saturated carbocycles. The van der Waals surface area contributed by atoms with Crippen molar-refractivity contribution in [2.75, 3.05) is 0 Å². The third kappa shape index (κ3) is 6.05. The van der Waals surface area contributed by atoms with E-state index in [4.69, 9.17) is 9.47 Å². The Hall–Kier alpha value is -3.40. The van der Waals surface area contributed by atoms with Gasteiger partial charge in [0.2, 0.25) is 0 Å². The normalized spacial score (nSPS) is 11.2. The van der Waals surface area contributed by atoms with Crippen molar-refractivity contribution in [3.63, 3.8) is 0 Å². The fraction of sp³-hybridized carbons (Fsp3) is 0.259. The first-order valence-corrected chi connectivity index (χ1v) is 10.5. The van der Waals surface area contributed by atoms with E-state index in [1.54, 1.807) is 0 Å². The van der Waals surface area contributed by atoms with Crippen LogP contribution in [0.15, 0.2) is 91.0 Å². The summed E-state index contributed by atoms with van der Waals surface area (Å²) in [7, 11) is 0. The lowest BCUT2D eigenvalue weighted by Gasteiger charge is -2.36. The van der Waals surface area contributed by atoms with E-state index in [9.17, 15) is 9.59 Å². The molecule has 3 aromatic rings. The molecule has 0 aliphatic rings. The van der Waals surface area contributed by atoms with Crippen molar-refractivity contribution in [1.82, 2.24) is 0 Å². The molecule has 0 fully saturated rings. The van der Waals surface area contributed by atoms with Gasteiger partial charge in [0, 0.05) is 11.1 Å². The Morgan fingerprint density at radius 1 is 0.742 bits per heavy atom. The molecule has 0 unspecified atom stereocenters. The zero-order valence-electron chi connectivity index (χ0n) is 18.0. The summed E-state index contributed by atoms with van der Waals surface area (Å²) in [5.74, 6) is -0.960. The van der Waals surface area contributed by atoms with Crippen molar-refractivity contribution >= 4 is 11.9 Å². The molecule has 31 heavy (non-hydrogen) atoms. The Morgan fingerprint density at radius 2 is 1.23 bits per heavy atom. The van der Waals surface area contributed by atoms with Crippen LogP contribution in [0.25, 0.3) is 0 Å². The van der Waals surface area contributed by atoms with Crippen LogP contribution in [-0.2, 0) is 31.3 Å². The van der Waals surface area contributed by atoms with Gasteiger partial charge < -0.3 is 9.47 Å². The van der Waals surface area contributed by atoms with Crippen molar-refractivity contribution < 1.29 is 19.1 Å². The minimum atomic E-state index is -0.979. The lowest BCUT2D eigenvalue weighted by molar-refractivity contribution is -0.164. The molecule has 0 spiro atoms. The highest BCUT2D eigenvalue weighted by Crippen LogP contribution is 2.39. The smallest absolute Gasteiger partial charge is 0.318 e. The molecule has 0 N–H and O–H groups in total. The molecule has 0 atom stereocenters. The van der Waals surface area contributed by atoms with E-state index in [1.807, 2.05) is 91.0 Å². The van der Waals surface area contributed by atoms with Crippen molar-refractivity contribution in [1.29, 1.82) is 0 Å². The Kier molecular flexibility index (Phi) is 7.60. The lowest BCUT2D eigenvalue weighted by Crippen LogP contribution is -2.36. The summed E-state index contributed by atoms with van der Waals surface area (Å²) >= 11 is 0. The number of carbonyl (C=O) groups excluding carboxylic acids is 2. The second-order valence-corrected chi connectivity index (χ2v) is 7.95. The molecule has 0 amide bonds. The lowest BCUT2D eigenvalue weighted by atomic mass is 9.79. The van der Waals surface area contributed by atoms with Gasteiger partial charge in [-0.05, 0) is 17.9 Å². The Morgan fingerprint density at radius 3 is 1.71 bits per heavy atom. The summed E-state index contributed by atoms with van der Waals surface area (Å²) in [6, 6.07) is 28.7. The van der Waals surface area contributed by atoms with Crippen LogP contribution in [0.1, 0.15) is 43.4 Å². The van der Waals surface area contributed by atoms with E-state index in [0.717, 1.165) is 16.7 Å². The average molecular weight is 417 g/mol. The summed E-state index contributed by atoms with van der Waals surface area (Å²) in [6.07, 6.45) is 0.151. The first kappa shape index (κ1) is 22.3. The van der Waals surface area contributed by atoms with Gasteiger partial charge in [-0.3, -0.25) is 9.59 Å². The third-order valence-corrected chi connectivity index (χ3v) is 5.00. The SMILES string of the molecule is CC(C)CC(OC(=O)CC(=O)OCc1ccccc1)(c1ccccc1)c1ccccc1. The largest absolute Gasteiger partial charge is 0.460 e. The number of esters is 2. The van der Waals surface area contributed by atoms with Gasteiger partial charge in [-0.25, -0.2) is 0 Å². The van der Waals surface area contributed by atoms with E-state index in [2.05, 4.69) is 13.8 Å². The van der Waals surface area contributed by atoms with Crippen LogP contribution < -0.4 is 0 Å².